The number of nitrogens with zero attached hydrogens (tertiary/aromatic N) is 4. The average Bonchev–Trinajstić information content (AvgIpc) is 3.01. The largest absolute Gasteiger partial charge is 0.349 e. The molecule has 2 aromatic heterocycles. The number of anilines is 1. The molecule has 0 amide bonds. The van der Waals surface area contributed by atoms with E-state index in [-0.39, 0.29) is 5.82 Å². The van der Waals surface area contributed by atoms with Gasteiger partial charge in [-0.15, -0.1) is 5.10 Å². The van der Waals surface area contributed by atoms with Crippen LogP contribution in [0.3, 0.4) is 0 Å². The summed E-state index contributed by atoms with van der Waals surface area (Å²) in [6.45, 7) is 2.22. The molecule has 3 heterocycles. The molecule has 2 fully saturated rings. The maximum Gasteiger partial charge on any atom is 0.243 e. The molecule has 0 spiro atoms. The molecular weight excluding hydrogens is 245 g/mol. The minimum Gasteiger partial charge on any atom is -0.349 e. The lowest BCUT2D eigenvalue weighted by Crippen LogP contribution is -2.28. The highest BCUT2D eigenvalue weighted by molar-refractivity contribution is 5.43. The number of pyridine rings is 1. The summed E-state index contributed by atoms with van der Waals surface area (Å²) >= 11 is 0. The topological polar surface area (TPSA) is 45.5 Å². The van der Waals surface area contributed by atoms with Crippen molar-refractivity contribution in [3.8, 4) is 0 Å². The first-order chi connectivity index (χ1) is 9.28. The summed E-state index contributed by atoms with van der Waals surface area (Å²) in [5.41, 5.74) is 0.668. The summed E-state index contributed by atoms with van der Waals surface area (Å²) in [4.78, 5) is 6.89. The zero-order valence-electron chi connectivity index (χ0n) is 10.6. The van der Waals surface area contributed by atoms with Gasteiger partial charge in [0.2, 0.25) is 5.95 Å². The Kier molecular flexibility index (Phi) is 2.44. The van der Waals surface area contributed by atoms with Crippen LogP contribution in [0.1, 0.15) is 19.3 Å². The van der Waals surface area contributed by atoms with Gasteiger partial charge in [0.05, 0.1) is 6.20 Å². The Morgan fingerprint density at radius 1 is 1.26 bits per heavy atom. The highest BCUT2D eigenvalue weighted by Crippen LogP contribution is 2.30. The number of hydrogen-bond acceptors (Lipinski definition) is 4. The van der Waals surface area contributed by atoms with E-state index in [0.29, 0.717) is 17.6 Å². The maximum absolute atomic E-state index is 13.1. The van der Waals surface area contributed by atoms with Crippen LogP contribution in [0, 0.1) is 5.82 Å². The summed E-state index contributed by atoms with van der Waals surface area (Å²) in [6.07, 6.45) is 5.16. The minimum absolute atomic E-state index is 0.301. The van der Waals surface area contributed by atoms with E-state index in [1.807, 2.05) is 0 Å². The molecule has 5 nitrogen and oxygen atoms in total. The van der Waals surface area contributed by atoms with Crippen molar-refractivity contribution in [1.82, 2.24) is 19.5 Å². The molecule has 1 aliphatic carbocycles. The van der Waals surface area contributed by atoms with Crippen molar-refractivity contribution >= 4 is 11.6 Å². The predicted molar refractivity (Wildman–Crippen MR) is 69.6 cm³/mol. The van der Waals surface area contributed by atoms with E-state index in [1.54, 1.807) is 6.07 Å². The second-order valence-corrected chi connectivity index (χ2v) is 5.44. The van der Waals surface area contributed by atoms with Gasteiger partial charge in [-0.25, -0.2) is 8.91 Å². The number of likely N-dealkylation sites (tertiary alicyclic amines) is 1. The Bertz CT molecular complexity index is 606. The molecule has 6 heteroatoms. The van der Waals surface area contributed by atoms with Gasteiger partial charge in [0.1, 0.15) is 5.82 Å². The fourth-order valence-electron chi connectivity index (χ4n) is 2.78. The van der Waals surface area contributed by atoms with E-state index in [2.05, 4.69) is 20.3 Å². The van der Waals surface area contributed by atoms with Crippen LogP contribution in [-0.4, -0.2) is 44.7 Å². The molecule has 0 bridgehead atoms. The van der Waals surface area contributed by atoms with Gasteiger partial charge < -0.3 is 5.32 Å². The standard InChI is InChI=1S/C13H16FN5/c14-9-1-4-12-16-13(17-19(12)7-9)15-10-5-6-18(8-10)11-2-3-11/h1,4,7,10-11H,2-3,5-6,8H2,(H,15,17). The van der Waals surface area contributed by atoms with Crippen molar-refractivity contribution < 1.29 is 4.39 Å². The lowest BCUT2D eigenvalue weighted by molar-refractivity contribution is 0.326. The molecule has 19 heavy (non-hydrogen) atoms. The Morgan fingerprint density at radius 3 is 3.00 bits per heavy atom. The van der Waals surface area contributed by atoms with Crippen molar-refractivity contribution in [3.05, 3.63) is 24.1 Å². The average molecular weight is 261 g/mol. The molecule has 0 radical (unpaired) electrons. The monoisotopic (exact) mass is 261 g/mol. The van der Waals surface area contributed by atoms with Crippen molar-refractivity contribution in [2.75, 3.05) is 18.4 Å². The Hall–Kier alpha value is -1.69. The first kappa shape index (κ1) is 11.2. The third-order valence-corrected chi connectivity index (χ3v) is 3.91. The summed E-state index contributed by atoms with van der Waals surface area (Å²) in [5, 5.41) is 7.61. The van der Waals surface area contributed by atoms with Gasteiger partial charge in [-0.1, -0.05) is 0 Å². The lowest BCUT2D eigenvalue weighted by atomic mass is 10.3. The van der Waals surface area contributed by atoms with E-state index >= 15 is 0 Å². The summed E-state index contributed by atoms with van der Waals surface area (Å²) in [7, 11) is 0. The van der Waals surface area contributed by atoms with E-state index in [1.165, 1.54) is 29.6 Å². The highest BCUT2D eigenvalue weighted by Gasteiger charge is 2.34. The molecule has 0 aromatic carbocycles. The summed E-state index contributed by atoms with van der Waals surface area (Å²) in [5.74, 6) is 0.290. The van der Waals surface area contributed by atoms with Crippen molar-refractivity contribution in [1.29, 1.82) is 0 Å². The molecule has 1 N–H and O–H groups in total. The maximum atomic E-state index is 13.1. The van der Waals surface area contributed by atoms with Gasteiger partial charge in [-0.3, -0.25) is 4.90 Å². The Morgan fingerprint density at radius 2 is 2.16 bits per heavy atom. The first-order valence-corrected chi connectivity index (χ1v) is 6.80. The molecule has 100 valence electrons. The molecule has 2 aromatic rings. The molecule has 4 rings (SSSR count). The lowest BCUT2D eigenvalue weighted by Gasteiger charge is -2.14. The first-order valence-electron chi connectivity index (χ1n) is 6.80. The van der Waals surface area contributed by atoms with Gasteiger partial charge in [0.25, 0.3) is 0 Å². The van der Waals surface area contributed by atoms with Crippen LogP contribution in [0.4, 0.5) is 10.3 Å². The number of rotatable bonds is 3. The van der Waals surface area contributed by atoms with Gasteiger partial charge in [0.15, 0.2) is 5.65 Å². The number of fused-ring (bicyclic) bond motifs is 1. The zero-order valence-corrected chi connectivity index (χ0v) is 10.6. The van der Waals surface area contributed by atoms with Crippen LogP contribution < -0.4 is 5.32 Å². The normalized spacial score (nSPS) is 24.2. The Balaban J connectivity index is 1.48. The predicted octanol–water partition coefficient (Wildman–Crippen LogP) is 1.52. The van der Waals surface area contributed by atoms with Crippen LogP contribution in [-0.2, 0) is 0 Å². The second-order valence-electron chi connectivity index (χ2n) is 5.44. The molecule has 1 saturated carbocycles. The quantitative estimate of drug-likeness (QED) is 0.910. The summed E-state index contributed by atoms with van der Waals surface area (Å²) < 4.78 is 14.6. The molecule has 1 saturated heterocycles. The van der Waals surface area contributed by atoms with Crippen molar-refractivity contribution in [2.45, 2.75) is 31.3 Å². The summed E-state index contributed by atoms with van der Waals surface area (Å²) in [6, 6.07) is 4.26. The van der Waals surface area contributed by atoms with Crippen molar-refractivity contribution in [3.63, 3.8) is 0 Å². The third kappa shape index (κ3) is 2.16. The van der Waals surface area contributed by atoms with E-state index in [9.17, 15) is 4.39 Å². The molecule has 1 unspecified atom stereocenters. The van der Waals surface area contributed by atoms with Crippen LogP contribution in [0.25, 0.3) is 5.65 Å². The number of hydrogen-bond donors (Lipinski definition) is 1. The SMILES string of the molecule is Fc1ccc2nc(NC3CCN(C4CC4)C3)nn2c1. The van der Waals surface area contributed by atoms with Gasteiger partial charge in [-0.05, 0) is 31.4 Å². The second kappa shape index (κ2) is 4.16. The number of nitrogens with one attached hydrogen (secondary N) is 1. The van der Waals surface area contributed by atoms with Crippen LogP contribution in [0.2, 0.25) is 0 Å². The van der Waals surface area contributed by atoms with E-state index in [0.717, 1.165) is 25.6 Å². The minimum atomic E-state index is -0.301. The molecule has 1 atom stereocenters. The van der Waals surface area contributed by atoms with Gasteiger partial charge in [-0.2, -0.15) is 4.98 Å². The Labute approximate surface area is 110 Å². The number of halogens is 1. The van der Waals surface area contributed by atoms with E-state index < -0.39 is 0 Å². The fraction of sp³-hybridized carbons (Fsp3) is 0.538. The third-order valence-electron chi connectivity index (χ3n) is 3.91. The van der Waals surface area contributed by atoms with Crippen LogP contribution in [0.5, 0.6) is 0 Å². The van der Waals surface area contributed by atoms with Gasteiger partial charge in [0, 0.05) is 25.2 Å². The smallest absolute Gasteiger partial charge is 0.243 e. The molecule has 2 aliphatic rings. The van der Waals surface area contributed by atoms with Crippen LogP contribution in [0.15, 0.2) is 18.3 Å². The van der Waals surface area contributed by atoms with Crippen LogP contribution >= 0.6 is 0 Å². The zero-order chi connectivity index (χ0) is 12.8. The molecular formula is C13H16FN5. The number of aromatic nitrogens is 3. The highest BCUT2D eigenvalue weighted by atomic mass is 19.1. The molecule has 1 aliphatic heterocycles. The van der Waals surface area contributed by atoms with Crippen molar-refractivity contribution in [2.24, 2.45) is 0 Å². The van der Waals surface area contributed by atoms with E-state index in [4.69, 9.17) is 0 Å². The fourth-order valence-corrected chi connectivity index (χ4v) is 2.78. The van der Waals surface area contributed by atoms with Gasteiger partial charge >= 0.3 is 0 Å².